The number of benzene rings is 1. The van der Waals surface area contributed by atoms with Crippen LogP contribution >= 0.6 is 0 Å². The van der Waals surface area contributed by atoms with Gasteiger partial charge in [-0.25, -0.2) is 5.43 Å². The lowest BCUT2D eigenvalue weighted by Crippen LogP contribution is -2.20. The molecule has 1 fully saturated rings. The lowest BCUT2D eigenvalue weighted by Gasteiger charge is -2.22. The second-order valence-corrected chi connectivity index (χ2v) is 6.31. The molecular formula is C20H23N3O. The Labute approximate surface area is 143 Å². The highest BCUT2D eigenvalue weighted by molar-refractivity contribution is 6.00. The molecular weight excluding hydrogens is 298 g/mol. The Bertz CT molecular complexity index is 701. The summed E-state index contributed by atoms with van der Waals surface area (Å²) in [7, 11) is 0. The minimum Gasteiger partial charge on any atom is -0.266 e. The molecule has 2 aromatic rings. The van der Waals surface area contributed by atoms with Crippen molar-refractivity contribution in [2.24, 2.45) is 5.10 Å². The number of hydrogen-bond donors (Lipinski definition) is 1. The van der Waals surface area contributed by atoms with Crippen molar-refractivity contribution in [1.82, 2.24) is 10.4 Å². The molecule has 1 N–H and O–H groups in total. The summed E-state index contributed by atoms with van der Waals surface area (Å²) < 4.78 is 0. The van der Waals surface area contributed by atoms with Crippen molar-refractivity contribution < 1.29 is 4.79 Å². The molecule has 1 aromatic carbocycles. The van der Waals surface area contributed by atoms with Crippen molar-refractivity contribution in [1.29, 1.82) is 0 Å². The number of hydrogen-bond acceptors (Lipinski definition) is 3. The molecule has 0 atom stereocenters. The Morgan fingerprint density at radius 3 is 2.50 bits per heavy atom. The lowest BCUT2D eigenvalue weighted by molar-refractivity contribution is 0.0950. The first-order valence-corrected chi connectivity index (χ1v) is 8.60. The highest BCUT2D eigenvalue weighted by Crippen LogP contribution is 2.32. The Morgan fingerprint density at radius 1 is 1.08 bits per heavy atom. The van der Waals surface area contributed by atoms with Crippen LogP contribution in [0.25, 0.3) is 0 Å². The van der Waals surface area contributed by atoms with Crippen molar-refractivity contribution in [3.05, 3.63) is 65.5 Å². The van der Waals surface area contributed by atoms with E-state index in [1.165, 1.54) is 37.7 Å². The predicted octanol–water partition coefficient (Wildman–Crippen LogP) is 4.28. The van der Waals surface area contributed by atoms with Gasteiger partial charge in [0.15, 0.2) is 0 Å². The van der Waals surface area contributed by atoms with Gasteiger partial charge in [-0.3, -0.25) is 9.78 Å². The fourth-order valence-electron chi connectivity index (χ4n) is 3.19. The van der Waals surface area contributed by atoms with Crippen LogP contribution in [0.1, 0.15) is 66.6 Å². The summed E-state index contributed by atoms with van der Waals surface area (Å²) in [5.74, 6) is 0.405. The molecule has 0 saturated heterocycles. The summed E-state index contributed by atoms with van der Waals surface area (Å²) in [4.78, 5) is 16.0. The maximum Gasteiger partial charge on any atom is 0.289 e. The normalized spacial score (nSPS) is 16.0. The molecule has 1 aliphatic carbocycles. The number of nitrogens with zero attached hydrogens (tertiary/aromatic N) is 2. The number of pyridine rings is 1. The van der Waals surface area contributed by atoms with Gasteiger partial charge < -0.3 is 0 Å². The minimum absolute atomic E-state index is 0.297. The van der Waals surface area contributed by atoms with E-state index in [-0.39, 0.29) is 5.91 Å². The molecule has 1 amide bonds. The number of carbonyl (C=O) groups excluding carboxylic acids is 1. The third kappa shape index (κ3) is 4.07. The minimum atomic E-state index is -0.297. The highest BCUT2D eigenvalue weighted by atomic mass is 16.2. The molecule has 4 nitrogen and oxygen atoms in total. The highest BCUT2D eigenvalue weighted by Gasteiger charge is 2.15. The van der Waals surface area contributed by atoms with E-state index in [1.54, 1.807) is 24.4 Å². The van der Waals surface area contributed by atoms with Crippen LogP contribution < -0.4 is 5.43 Å². The monoisotopic (exact) mass is 321 g/mol. The zero-order valence-electron chi connectivity index (χ0n) is 14.0. The van der Waals surface area contributed by atoms with Gasteiger partial charge in [0.2, 0.25) is 0 Å². The number of carbonyl (C=O) groups is 1. The average Bonchev–Trinajstić information content (AvgIpc) is 2.67. The Morgan fingerprint density at radius 2 is 1.83 bits per heavy atom. The number of rotatable bonds is 4. The van der Waals surface area contributed by atoms with Crippen LogP contribution in [-0.2, 0) is 0 Å². The Kier molecular flexibility index (Phi) is 5.36. The first-order valence-electron chi connectivity index (χ1n) is 8.60. The maximum atomic E-state index is 12.0. The van der Waals surface area contributed by atoms with E-state index >= 15 is 0 Å². The second kappa shape index (κ2) is 7.86. The van der Waals surface area contributed by atoms with Crippen LogP contribution in [0.15, 0.2) is 53.8 Å². The van der Waals surface area contributed by atoms with Crippen LogP contribution in [0.3, 0.4) is 0 Å². The molecule has 124 valence electrons. The van der Waals surface area contributed by atoms with E-state index in [2.05, 4.69) is 39.8 Å². The van der Waals surface area contributed by atoms with Crippen molar-refractivity contribution in [2.75, 3.05) is 0 Å². The predicted molar refractivity (Wildman–Crippen MR) is 96.2 cm³/mol. The largest absolute Gasteiger partial charge is 0.289 e. The summed E-state index contributed by atoms with van der Waals surface area (Å²) in [5.41, 5.74) is 6.16. The van der Waals surface area contributed by atoms with E-state index in [1.807, 2.05) is 6.92 Å². The number of hydrazone groups is 1. The van der Waals surface area contributed by atoms with Crippen LogP contribution in [0.4, 0.5) is 0 Å². The van der Waals surface area contributed by atoms with Gasteiger partial charge >= 0.3 is 0 Å². The fraction of sp³-hybridized carbons (Fsp3) is 0.350. The van der Waals surface area contributed by atoms with Crippen molar-refractivity contribution in [3.8, 4) is 0 Å². The first kappa shape index (κ1) is 16.4. The topological polar surface area (TPSA) is 54.4 Å². The van der Waals surface area contributed by atoms with E-state index in [9.17, 15) is 4.79 Å². The van der Waals surface area contributed by atoms with Gasteiger partial charge in [-0.1, -0.05) is 49.6 Å². The molecule has 3 rings (SSSR count). The molecule has 1 saturated carbocycles. The van der Waals surface area contributed by atoms with Gasteiger partial charge in [0.25, 0.3) is 5.91 Å². The van der Waals surface area contributed by atoms with Crippen LogP contribution in [0.2, 0.25) is 0 Å². The molecule has 0 unspecified atom stereocenters. The summed E-state index contributed by atoms with van der Waals surface area (Å²) >= 11 is 0. The second-order valence-electron chi connectivity index (χ2n) is 6.31. The smallest absolute Gasteiger partial charge is 0.266 e. The zero-order valence-corrected chi connectivity index (χ0v) is 14.0. The SMILES string of the molecule is C/C(=N/NC(=O)c1ccccn1)c1ccc(C2CCCCC2)cc1. The number of nitrogens with one attached hydrogen (secondary N) is 1. The van der Waals surface area contributed by atoms with Gasteiger partial charge in [-0.2, -0.15) is 5.10 Å². The molecule has 1 aromatic heterocycles. The van der Waals surface area contributed by atoms with Crippen LogP contribution in [0.5, 0.6) is 0 Å². The molecule has 0 aliphatic heterocycles. The van der Waals surface area contributed by atoms with E-state index in [0.29, 0.717) is 11.6 Å². The Hall–Kier alpha value is -2.49. The number of aromatic nitrogens is 1. The van der Waals surface area contributed by atoms with E-state index in [0.717, 1.165) is 11.3 Å². The molecule has 1 heterocycles. The third-order valence-corrected chi connectivity index (χ3v) is 4.63. The quantitative estimate of drug-likeness (QED) is 0.675. The van der Waals surface area contributed by atoms with Gasteiger partial charge in [-0.15, -0.1) is 0 Å². The summed E-state index contributed by atoms with van der Waals surface area (Å²) in [6.07, 6.45) is 8.24. The molecule has 1 aliphatic rings. The first-order chi connectivity index (χ1) is 11.7. The average molecular weight is 321 g/mol. The van der Waals surface area contributed by atoms with Crippen LogP contribution in [0, 0.1) is 0 Å². The zero-order chi connectivity index (χ0) is 16.8. The van der Waals surface area contributed by atoms with Crippen molar-refractivity contribution in [2.45, 2.75) is 44.9 Å². The summed E-state index contributed by atoms with van der Waals surface area (Å²) in [5, 5.41) is 4.19. The molecule has 24 heavy (non-hydrogen) atoms. The lowest BCUT2D eigenvalue weighted by atomic mass is 9.84. The van der Waals surface area contributed by atoms with Gasteiger partial charge in [0, 0.05) is 6.20 Å². The molecule has 0 bridgehead atoms. The maximum absolute atomic E-state index is 12.0. The molecule has 0 radical (unpaired) electrons. The standard InChI is InChI=1S/C20H23N3O/c1-15(22-23-20(24)19-9-5-6-14-21-19)16-10-12-18(13-11-16)17-7-3-2-4-8-17/h5-6,9-14,17H,2-4,7-8H2,1H3,(H,23,24)/b22-15-. The van der Waals surface area contributed by atoms with Gasteiger partial charge in [-0.05, 0) is 48.9 Å². The van der Waals surface area contributed by atoms with Crippen molar-refractivity contribution >= 4 is 11.6 Å². The summed E-state index contributed by atoms with van der Waals surface area (Å²) in [6, 6.07) is 13.8. The Balaban J connectivity index is 1.64. The van der Waals surface area contributed by atoms with Crippen molar-refractivity contribution in [3.63, 3.8) is 0 Å². The molecule has 0 spiro atoms. The number of amides is 1. The third-order valence-electron chi connectivity index (χ3n) is 4.63. The van der Waals surface area contributed by atoms with Gasteiger partial charge in [0.1, 0.15) is 5.69 Å². The molecule has 4 heteroatoms. The van der Waals surface area contributed by atoms with E-state index in [4.69, 9.17) is 0 Å². The van der Waals surface area contributed by atoms with Gasteiger partial charge in [0.05, 0.1) is 5.71 Å². The van der Waals surface area contributed by atoms with Crippen LogP contribution in [-0.4, -0.2) is 16.6 Å². The fourth-order valence-corrected chi connectivity index (χ4v) is 3.19. The summed E-state index contributed by atoms with van der Waals surface area (Å²) in [6.45, 7) is 1.90. The van der Waals surface area contributed by atoms with E-state index < -0.39 is 0 Å².